The van der Waals surface area contributed by atoms with Crippen LogP contribution >= 0.6 is 0 Å². The van der Waals surface area contributed by atoms with Crippen LogP contribution in [0, 0.1) is 23.2 Å². The van der Waals surface area contributed by atoms with Gasteiger partial charge in [-0.1, -0.05) is 48.9 Å². The summed E-state index contributed by atoms with van der Waals surface area (Å²) >= 11 is 0. The Balaban J connectivity index is 1.66. The maximum absolute atomic E-state index is 14.7. The highest BCUT2D eigenvalue weighted by Crippen LogP contribution is 2.55. The highest BCUT2D eigenvalue weighted by Gasteiger charge is 2.67. The lowest BCUT2D eigenvalue weighted by atomic mass is 9.54. The lowest BCUT2D eigenvalue weighted by molar-refractivity contribution is -0.148. The van der Waals surface area contributed by atoms with Crippen LogP contribution in [-0.4, -0.2) is 68.3 Å². The van der Waals surface area contributed by atoms with E-state index in [0.29, 0.717) is 18.4 Å². The molecule has 2 aromatic rings. The van der Waals surface area contributed by atoms with E-state index in [-0.39, 0.29) is 5.92 Å². The first kappa shape index (κ1) is 30.9. The fraction of sp³-hybridized carbons (Fsp3) is 0.500. The molecule has 6 N–H and O–H groups in total. The number of rotatable bonds is 3. The number of carbonyl (C=O) groups excluding carboxylic acids is 3. The maximum atomic E-state index is 14.7. The van der Waals surface area contributed by atoms with Crippen LogP contribution in [0.2, 0.25) is 0 Å². The number of aromatic nitrogens is 1. The molecule has 1 aliphatic heterocycles. The Hall–Kier alpha value is -3.53. The summed E-state index contributed by atoms with van der Waals surface area (Å²) in [6.07, 6.45) is 4.19. The van der Waals surface area contributed by atoms with Crippen molar-refractivity contribution in [3.8, 4) is 0 Å². The third-order valence-corrected chi connectivity index (χ3v) is 9.95. The molecule has 1 saturated heterocycles. The fourth-order valence-corrected chi connectivity index (χ4v) is 7.71. The van der Waals surface area contributed by atoms with Crippen molar-refractivity contribution in [2.24, 2.45) is 23.2 Å². The number of aliphatic hydroxyl groups is 3. The predicted octanol–water partition coefficient (Wildman–Crippen LogP) is 2.87. The van der Waals surface area contributed by atoms with Crippen molar-refractivity contribution in [2.75, 3.05) is 0 Å². The van der Waals surface area contributed by atoms with Gasteiger partial charge in [-0.05, 0) is 62.3 Å². The molecular weight excluding hydrogens is 546 g/mol. The lowest BCUT2D eigenvalue weighted by Crippen LogP contribution is -2.58. The van der Waals surface area contributed by atoms with E-state index in [9.17, 15) is 29.7 Å². The van der Waals surface area contributed by atoms with Crippen molar-refractivity contribution in [3.63, 3.8) is 0 Å². The van der Waals surface area contributed by atoms with Crippen LogP contribution in [0.15, 0.2) is 65.4 Å². The van der Waals surface area contributed by atoms with Crippen LogP contribution < -0.4 is 10.6 Å². The molecule has 0 bridgehead atoms. The molecule has 9 unspecified atom stereocenters. The number of amides is 2. The molecule has 2 amide bonds. The van der Waals surface area contributed by atoms with Crippen LogP contribution in [0.25, 0.3) is 10.9 Å². The number of hydrogen-bond donors (Lipinski definition) is 6. The molecule has 2 heterocycles. The van der Waals surface area contributed by atoms with E-state index in [0.717, 1.165) is 27.6 Å². The summed E-state index contributed by atoms with van der Waals surface area (Å²) in [7, 11) is 0. The van der Waals surface area contributed by atoms with Gasteiger partial charge in [0.15, 0.2) is 5.78 Å². The standard InChI is InChI=1S/C34H43N3O6/c1-17-9-8-11-24-31(41)20(4)19(3)29-26(14-22-16-35-25-12-7-6-10-23(22)25)37-33(43)34(24,29)28(39)15-27(36-21(5)38)32(42)30(40)18(2)13-17/h6-8,10-13,16-17,24,26-27,29-32,35,40-42H,9,14-15H2,1-5H3,(H,36,38)(H,37,43)/b11-8?,18-13-. The van der Waals surface area contributed by atoms with Gasteiger partial charge in [0.05, 0.1) is 12.1 Å². The highest BCUT2D eigenvalue weighted by molar-refractivity contribution is 6.10. The fourth-order valence-electron chi connectivity index (χ4n) is 7.71. The molecule has 1 aromatic heterocycles. The molecule has 9 heteroatoms. The van der Waals surface area contributed by atoms with Gasteiger partial charge in [0.1, 0.15) is 17.6 Å². The smallest absolute Gasteiger partial charge is 0.235 e. The van der Waals surface area contributed by atoms with E-state index >= 15 is 0 Å². The summed E-state index contributed by atoms with van der Waals surface area (Å²) in [5.41, 5.74) is 2.32. The molecule has 9 nitrogen and oxygen atoms in total. The largest absolute Gasteiger partial charge is 0.388 e. The highest BCUT2D eigenvalue weighted by atomic mass is 16.3. The van der Waals surface area contributed by atoms with Crippen molar-refractivity contribution in [2.45, 2.75) is 84.3 Å². The van der Waals surface area contributed by atoms with Crippen molar-refractivity contribution in [3.05, 3.63) is 71.0 Å². The van der Waals surface area contributed by atoms with Gasteiger partial charge in [-0.3, -0.25) is 14.4 Å². The van der Waals surface area contributed by atoms with E-state index in [1.807, 2.05) is 63.4 Å². The molecule has 1 fully saturated rings. The van der Waals surface area contributed by atoms with Crippen molar-refractivity contribution >= 4 is 28.5 Å². The summed E-state index contributed by atoms with van der Waals surface area (Å²) in [6, 6.07) is 6.32. The molecule has 230 valence electrons. The summed E-state index contributed by atoms with van der Waals surface area (Å²) in [4.78, 5) is 44.6. The third-order valence-electron chi connectivity index (χ3n) is 9.95. The normalized spacial score (nSPS) is 36.5. The Kier molecular flexibility index (Phi) is 8.53. The van der Waals surface area contributed by atoms with Gasteiger partial charge >= 0.3 is 0 Å². The minimum absolute atomic E-state index is 0.0355. The molecule has 43 heavy (non-hydrogen) atoms. The van der Waals surface area contributed by atoms with Crippen molar-refractivity contribution < 1.29 is 29.7 Å². The van der Waals surface area contributed by atoms with E-state index in [2.05, 4.69) is 15.6 Å². The van der Waals surface area contributed by atoms with Gasteiger partial charge in [0.2, 0.25) is 11.8 Å². The van der Waals surface area contributed by atoms with E-state index < -0.39 is 71.7 Å². The SMILES string of the molecule is CC(=O)NC1CC(=O)C23C(=O)NC(Cc4c[nH]c5ccccc45)C2C(C)=C(C)C(O)C3C=CCC(C)/C=C(/C)C(O)C1O. The first-order valence-electron chi connectivity index (χ1n) is 15.1. The second-order valence-electron chi connectivity index (χ2n) is 12.7. The van der Waals surface area contributed by atoms with Crippen LogP contribution in [0.4, 0.5) is 0 Å². The number of ketones is 1. The van der Waals surface area contributed by atoms with Gasteiger partial charge in [-0.2, -0.15) is 0 Å². The Morgan fingerprint density at radius 1 is 1.07 bits per heavy atom. The Bertz CT molecular complexity index is 1520. The first-order valence-corrected chi connectivity index (χ1v) is 15.1. The van der Waals surface area contributed by atoms with Crippen molar-refractivity contribution in [1.82, 2.24) is 15.6 Å². The van der Waals surface area contributed by atoms with Gasteiger partial charge < -0.3 is 30.9 Å². The zero-order chi connectivity index (χ0) is 31.2. The number of aromatic amines is 1. The quantitative estimate of drug-likeness (QED) is 0.239. The number of aliphatic hydroxyl groups excluding tert-OH is 3. The van der Waals surface area contributed by atoms with Crippen LogP contribution in [0.3, 0.4) is 0 Å². The van der Waals surface area contributed by atoms with Gasteiger partial charge in [-0.15, -0.1) is 0 Å². The molecule has 9 atom stereocenters. The average Bonchev–Trinajstić information content (AvgIpc) is 3.50. The zero-order valence-electron chi connectivity index (χ0n) is 25.4. The number of para-hydroxylation sites is 1. The van der Waals surface area contributed by atoms with Crippen LogP contribution in [0.5, 0.6) is 0 Å². The van der Waals surface area contributed by atoms with Gasteiger partial charge in [0, 0.05) is 48.3 Å². The minimum Gasteiger partial charge on any atom is -0.388 e. The number of carbonyl (C=O) groups is 3. The monoisotopic (exact) mass is 589 g/mol. The molecule has 0 saturated carbocycles. The van der Waals surface area contributed by atoms with Gasteiger partial charge in [-0.25, -0.2) is 0 Å². The minimum atomic E-state index is -1.68. The first-order chi connectivity index (χ1) is 20.4. The topological polar surface area (TPSA) is 152 Å². The molecule has 2 aliphatic carbocycles. The lowest BCUT2D eigenvalue weighted by Gasteiger charge is -2.46. The number of hydrogen-bond acceptors (Lipinski definition) is 6. The van der Waals surface area contributed by atoms with Gasteiger partial charge in [0.25, 0.3) is 0 Å². The second kappa shape index (κ2) is 11.9. The maximum Gasteiger partial charge on any atom is 0.235 e. The number of allylic oxidation sites excluding steroid dienone is 2. The number of H-pyrrole nitrogens is 1. The third kappa shape index (κ3) is 5.28. The molecule has 1 aromatic carbocycles. The molecule has 3 aliphatic rings. The molecule has 1 spiro atoms. The van der Waals surface area contributed by atoms with Crippen molar-refractivity contribution in [1.29, 1.82) is 0 Å². The number of fused-ring (bicyclic) bond motifs is 1. The molecular formula is C34H43N3O6. The summed E-state index contributed by atoms with van der Waals surface area (Å²) in [5.74, 6) is -2.91. The Morgan fingerprint density at radius 3 is 2.51 bits per heavy atom. The Morgan fingerprint density at radius 2 is 1.79 bits per heavy atom. The number of benzene rings is 1. The number of Topliss-reactive ketones (excluding diaryl/α,β-unsaturated/α-hetero) is 1. The summed E-state index contributed by atoms with van der Waals surface area (Å²) < 4.78 is 0. The zero-order valence-corrected chi connectivity index (χ0v) is 25.4. The van der Waals surface area contributed by atoms with E-state index in [1.54, 1.807) is 13.0 Å². The molecule has 5 rings (SSSR count). The Labute approximate surface area is 252 Å². The number of nitrogens with one attached hydrogen (secondary N) is 3. The van der Waals surface area contributed by atoms with E-state index in [1.165, 1.54) is 6.92 Å². The summed E-state index contributed by atoms with van der Waals surface area (Å²) in [5, 5.41) is 40.8. The predicted molar refractivity (Wildman–Crippen MR) is 164 cm³/mol. The van der Waals surface area contributed by atoms with E-state index in [4.69, 9.17) is 0 Å². The summed E-state index contributed by atoms with van der Waals surface area (Å²) in [6.45, 7) is 8.68. The molecule has 0 radical (unpaired) electrons. The average molecular weight is 590 g/mol. The van der Waals surface area contributed by atoms with Crippen LogP contribution in [0.1, 0.15) is 53.0 Å². The van der Waals surface area contributed by atoms with Crippen LogP contribution in [-0.2, 0) is 20.8 Å². The second-order valence-corrected chi connectivity index (χ2v) is 12.7.